The van der Waals surface area contributed by atoms with Crippen LogP contribution in [0, 0.1) is 23.2 Å². The van der Waals surface area contributed by atoms with Crippen molar-refractivity contribution in [3.63, 3.8) is 0 Å². The molecule has 26 heavy (non-hydrogen) atoms. The average molecular weight is 352 g/mol. The summed E-state index contributed by atoms with van der Waals surface area (Å²) in [7, 11) is 0. The molecule has 0 bridgehead atoms. The van der Waals surface area contributed by atoms with Gasteiger partial charge in [0.25, 0.3) is 0 Å². The lowest BCUT2D eigenvalue weighted by Crippen LogP contribution is -2.45. The predicted molar refractivity (Wildman–Crippen MR) is 107 cm³/mol. The zero-order chi connectivity index (χ0) is 17.8. The fourth-order valence-corrected chi connectivity index (χ4v) is 5.58. The standard InChI is InChI=1S/C23H33N3/c24-18-19-6-8-23(9-7-19)26-16-12-21(13-17-26)20-10-14-25(15-11-20)22-4-2-1-3-5-22/h6-9,20-22H,1-5,10-17H2. The van der Waals surface area contributed by atoms with E-state index < -0.39 is 0 Å². The maximum Gasteiger partial charge on any atom is 0.0991 e. The number of hydrogen-bond donors (Lipinski definition) is 0. The summed E-state index contributed by atoms with van der Waals surface area (Å²) < 4.78 is 0. The van der Waals surface area contributed by atoms with Gasteiger partial charge in [0.1, 0.15) is 0 Å². The molecule has 1 aromatic rings. The quantitative estimate of drug-likeness (QED) is 0.782. The Morgan fingerprint density at radius 1 is 0.731 bits per heavy atom. The number of likely N-dealkylation sites (tertiary alicyclic amines) is 1. The SMILES string of the molecule is N#Cc1ccc(N2CCC(C3CCN(C4CCCCC4)CC3)CC2)cc1. The second-order valence-electron chi connectivity index (χ2n) is 8.65. The highest BCUT2D eigenvalue weighted by atomic mass is 15.2. The molecule has 2 aliphatic heterocycles. The Balaban J connectivity index is 1.24. The van der Waals surface area contributed by atoms with Crippen LogP contribution in [0.15, 0.2) is 24.3 Å². The second-order valence-corrected chi connectivity index (χ2v) is 8.65. The van der Waals surface area contributed by atoms with Gasteiger partial charge in [0.2, 0.25) is 0 Å². The Morgan fingerprint density at radius 2 is 1.31 bits per heavy atom. The Hall–Kier alpha value is -1.53. The van der Waals surface area contributed by atoms with Crippen molar-refractivity contribution in [2.24, 2.45) is 11.8 Å². The molecule has 0 aromatic heterocycles. The van der Waals surface area contributed by atoms with E-state index in [-0.39, 0.29) is 0 Å². The third kappa shape index (κ3) is 4.07. The van der Waals surface area contributed by atoms with Crippen LogP contribution in [0.25, 0.3) is 0 Å². The van der Waals surface area contributed by atoms with Crippen LogP contribution in [0.2, 0.25) is 0 Å². The number of nitrogens with zero attached hydrogens (tertiary/aromatic N) is 3. The molecule has 0 N–H and O–H groups in total. The van der Waals surface area contributed by atoms with Gasteiger partial charge >= 0.3 is 0 Å². The molecule has 2 heterocycles. The number of benzene rings is 1. The normalized spacial score (nSPS) is 24.5. The highest BCUT2D eigenvalue weighted by molar-refractivity contribution is 5.49. The minimum absolute atomic E-state index is 0.758. The highest BCUT2D eigenvalue weighted by Gasteiger charge is 2.31. The Bertz CT molecular complexity index is 595. The first-order chi connectivity index (χ1) is 12.8. The maximum absolute atomic E-state index is 8.95. The summed E-state index contributed by atoms with van der Waals surface area (Å²) >= 11 is 0. The van der Waals surface area contributed by atoms with E-state index in [0.29, 0.717) is 0 Å². The molecule has 2 saturated heterocycles. The van der Waals surface area contributed by atoms with Crippen molar-refractivity contribution < 1.29 is 0 Å². The van der Waals surface area contributed by atoms with E-state index in [1.165, 1.54) is 89.7 Å². The van der Waals surface area contributed by atoms with Gasteiger partial charge < -0.3 is 9.80 Å². The number of hydrogen-bond acceptors (Lipinski definition) is 3. The van der Waals surface area contributed by atoms with E-state index in [9.17, 15) is 0 Å². The largest absolute Gasteiger partial charge is 0.372 e. The van der Waals surface area contributed by atoms with Gasteiger partial charge in [0.05, 0.1) is 11.6 Å². The molecule has 1 saturated carbocycles. The van der Waals surface area contributed by atoms with E-state index >= 15 is 0 Å². The van der Waals surface area contributed by atoms with E-state index in [1.54, 1.807) is 0 Å². The molecular formula is C23H33N3. The van der Waals surface area contributed by atoms with Crippen LogP contribution < -0.4 is 4.90 Å². The van der Waals surface area contributed by atoms with Gasteiger partial charge in [0, 0.05) is 24.8 Å². The van der Waals surface area contributed by atoms with Gasteiger partial charge in [-0.25, -0.2) is 0 Å². The maximum atomic E-state index is 8.95. The van der Waals surface area contributed by atoms with E-state index in [1.807, 2.05) is 12.1 Å². The first-order valence-corrected chi connectivity index (χ1v) is 10.8. The number of anilines is 1. The molecule has 1 aliphatic carbocycles. The minimum atomic E-state index is 0.758. The van der Waals surface area contributed by atoms with Crippen LogP contribution in [0.3, 0.4) is 0 Å². The third-order valence-electron chi connectivity index (χ3n) is 7.23. The van der Waals surface area contributed by atoms with Crippen molar-refractivity contribution in [3.8, 4) is 6.07 Å². The molecule has 0 spiro atoms. The van der Waals surface area contributed by atoms with Gasteiger partial charge in [-0.1, -0.05) is 19.3 Å². The lowest BCUT2D eigenvalue weighted by molar-refractivity contribution is 0.0821. The third-order valence-corrected chi connectivity index (χ3v) is 7.23. The van der Waals surface area contributed by atoms with Crippen LogP contribution in [-0.4, -0.2) is 37.1 Å². The molecule has 4 rings (SSSR count). The van der Waals surface area contributed by atoms with Crippen LogP contribution in [0.4, 0.5) is 5.69 Å². The zero-order valence-electron chi connectivity index (χ0n) is 16.1. The Kier molecular flexibility index (Phi) is 5.80. The summed E-state index contributed by atoms with van der Waals surface area (Å²) in [4.78, 5) is 5.33. The predicted octanol–water partition coefficient (Wildman–Crippen LogP) is 4.82. The fraction of sp³-hybridized carbons (Fsp3) is 0.696. The van der Waals surface area contributed by atoms with Crippen molar-refractivity contribution in [2.75, 3.05) is 31.1 Å². The average Bonchev–Trinajstić information content (AvgIpc) is 2.75. The number of nitriles is 1. The topological polar surface area (TPSA) is 30.3 Å². The summed E-state index contributed by atoms with van der Waals surface area (Å²) in [5.41, 5.74) is 2.04. The van der Waals surface area contributed by atoms with Crippen molar-refractivity contribution in [1.29, 1.82) is 5.26 Å². The molecular weight excluding hydrogens is 318 g/mol. The van der Waals surface area contributed by atoms with Gasteiger partial charge in [0.15, 0.2) is 0 Å². The van der Waals surface area contributed by atoms with Crippen LogP contribution in [0.5, 0.6) is 0 Å². The van der Waals surface area contributed by atoms with Crippen LogP contribution >= 0.6 is 0 Å². The molecule has 0 atom stereocenters. The summed E-state index contributed by atoms with van der Waals surface area (Å²) in [6, 6.07) is 11.2. The van der Waals surface area contributed by atoms with E-state index in [0.717, 1.165) is 23.4 Å². The Labute approximate surface area is 159 Å². The van der Waals surface area contributed by atoms with Crippen molar-refractivity contribution in [3.05, 3.63) is 29.8 Å². The highest BCUT2D eigenvalue weighted by Crippen LogP contribution is 2.35. The van der Waals surface area contributed by atoms with Crippen molar-refractivity contribution in [1.82, 2.24) is 4.90 Å². The molecule has 3 heteroatoms. The molecule has 0 unspecified atom stereocenters. The van der Waals surface area contributed by atoms with Gasteiger partial charge in [-0.3, -0.25) is 0 Å². The summed E-state index contributed by atoms with van der Waals surface area (Å²) in [5.74, 6) is 1.89. The van der Waals surface area contributed by atoms with Gasteiger partial charge in [-0.05, 0) is 87.7 Å². The number of piperidine rings is 2. The summed E-state index contributed by atoms with van der Waals surface area (Å²) in [5, 5.41) is 8.95. The summed E-state index contributed by atoms with van der Waals surface area (Å²) in [6.07, 6.45) is 12.8. The first kappa shape index (κ1) is 17.9. The van der Waals surface area contributed by atoms with Gasteiger partial charge in [-0.2, -0.15) is 5.26 Å². The zero-order valence-corrected chi connectivity index (χ0v) is 16.1. The molecule has 0 amide bonds. The molecule has 3 nitrogen and oxygen atoms in total. The smallest absolute Gasteiger partial charge is 0.0991 e. The second kappa shape index (κ2) is 8.44. The van der Waals surface area contributed by atoms with Gasteiger partial charge in [-0.15, -0.1) is 0 Å². The number of rotatable bonds is 3. The fourth-order valence-electron chi connectivity index (χ4n) is 5.58. The molecule has 3 aliphatic rings. The Morgan fingerprint density at radius 3 is 1.88 bits per heavy atom. The van der Waals surface area contributed by atoms with E-state index in [2.05, 4.69) is 28.0 Å². The first-order valence-electron chi connectivity index (χ1n) is 10.8. The van der Waals surface area contributed by atoms with Crippen molar-refractivity contribution >= 4 is 5.69 Å². The molecule has 0 radical (unpaired) electrons. The van der Waals surface area contributed by atoms with Crippen LogP contribution in [0.1, 0.15) is 63.4 Å². The molecule has 3 fully saturated rings. The van der Waals surface area contributed by atoms with E-state index in [4.69, 9.17) is 5.26 Å². The lowest BCUT2D eigenvalue weighted by atomic mass is 9.78. The van der Waals surface area contributed by atoms with Crippen LogP contribution in [-0.2, 0) is 0 Å². The monoisotopic (exact) mass is 351 g/mol. The minimum Gasteiger partial charge on any atom is -0.372 e. The van der Waals surface area contributed by atoms with Crippen molar-refractivity contribution in [2.45, 2.75) is 63.8 Å². The molecule has 140 valence electrons. The molecule has 1 aromatic carbocycles. The lowest BCUT2D eigenvalue weighted by Gasteiger charge is -2.43. The summed E-state index contributed by atoms with van der Waals surface area (Å²) in [6.45, 7) is 5.06.